The van der Waals surface area contributed by atoms with Crippen LogP contribution in [0.25, 0.3) is 11.0 Å². The highest BCUT2D eigenvalue weighted by atomic mass is 16.1. The molecule has 0 aliphatic carbocycles. The standard InChI is InChI=1S/C19H21N3O/c1-14-6-8-15(9-7-14)21-12-10-16(11-13-21)22-18-5-3-2-4-17(18)20-19(22)23/h2-9,16H,10-13H2,1H3,(H,20,23). The molecule has 4 nitrogen and oxygen atoms in total. The van der Waals surface area contributed by atoms with Crippen molar-refractivity contribution >= 4 is 16.7 Å². The minimum atomic E-state index is 0.0139. The SMILES string of the molecule is Cc1ccc(N2CCC(n3c(=O)[nH]c4ccccc43)CC2)cc1. The number of H-pyrrole nitrogens is 1. The van der Waals surface area contributed by atoms with Gasteiger partial charge in [-0.3, -0.25) is 4.57 Å². The van der Waals surface area contributed by atoms with Crippen molar-refractivity contribution in [3.63, 3.8) is 0 Å². The number of rotatable bonds is 2. The Morgan fingerprint density at radius 3 is 2.43 bits per heavy atom. The molecule has 23 heavy (non-hydrogen) atoms. The Balaban J connectivity index is 1.56. The fraction of sp³-hybridized carbons (Fsp3) is 0.316. The molecule has 0 spiro atoms. The van der Waals surface area contributed by atoms with Crippen LogP contribution in [-0.4, -0.2) is 22.6 Å². The summed E-state index contributed by atoms with van der Waals surface area (Å²) in [5, 5.41) is 0. The summed E-state index contributed by atoms with van der Waals surface area (Å²) >= 11 is 0. The molecule has 1 saturated heterocycles. The molecule has 118 valence electrons. The number of aromatic nitrogens is 2. The third kappa shape index (κ3) is 2.54. The van der Waals surface area contributed by atoms with Crippen molar-refractivity contribution in [1.29, 1.82) is 0 Å². The number of imidazole rings is 1. The van der Waals surface area contributed by atoms with E-state index in [1.165, 1.54) is 11.3 Å². The number of hydrogen-bond donors (Lipinski definition) is 1. The molecule has 1 fully saturated rings. The Morgan fingerprint density at radius 1 is 1.00 bits per heavy atom. The minimum absolute atomic E-state index is 0.0139. The molecule has 4 heteroatoms. The van der Waals surface area contributed by atoms with Crippen LogP contribution in [0.3, 0.4) is 0 Å². The molecule has 1 N–H and O–H groups in total. The number of aryl methyl sites for hydroxylation is 1. The normalized spacial score (nSPS) is 16.1. The maximum Gasteiger partial charge on any atom is 0.326 e. The van der Waals surface area contributed by atoms with Crippen molar-refractivity contribution in [3.05, 3.63) is 64.6 Å². The van der Waals surface area contributed by atoms with Crippen molar-refractivity contribution in [3.8, 4) is 0 Å². The van der Waals surface area contributed by atoms with E-state index in [1.807, 2.05) is 28.8 Å². The van der Waals surface area contributed by atoms with E-state index < -0.39 is 0 Å². The van der Waals surface area contributed by atoms with Gasteiger partial charge in [0.05, 0.1) is 11.0 Å². The molecule has 0 atom stereocenters. The van der Waals surface area contributed by atoms with Gasteiger partial charge in [-0.2, -0.15) is 0 Å². The van der Waals surface area contributed by atoms with E-state index in [0.717, 1.165) is 37.0 Å². The number of piperidine rings is 1. The Hall–Kier alpha value is -2.49. The Bertz CT molecular complexity index is 868. The number of fused-ring (bicyclic) bond motifs is 1. The largest absolute Gasteiger partial charge is 0.371 e. The first kappa shape index (κ1) is 14.1. The van der Waals surface area contributed by atoms with E-state index in [0.29, 0.717) is 0 Å². The monoisotopic (exact) mass is 307 g/mol. The topological polar surface area (TPSA) is 41.0 Å². The van der Waals surface area contributed by atoms with Crippen molar-refractivity contribution < 1.29 is 0 Å². The van der Waals surface area contributed by atoms with Crippen LogP contribution in [0.15, 0.2) is 53.3 Å². The predicted octanol–water partition coefficient (Wildman–Crippen LogP) is 3.48. The molecule has 1 aliphatic heterocycles. The van der Waals surface area contributed by atoms with E-state index in [-0.39, 0.29) is 11.7 Å². The molecule has 0 amide bonds. The third-order valence-electron chi connectivity index (χ3n) is 4.85. The summed E-state index contributed by atoms with van der Waals surface area (Å²) in [5.74, 6) is 0. The predicted molar refractivity (Wildman–Crippen MR) is 94.2 cm³/mol. The first-order chi connectivity index (χ1) is 11.2. The van der Waals surface area contributed by atoms with E-state index in [1.54, 1.807) is 0 Å². The summed E-state index contributed by atoms with van der Waals surface area (Å²) in [6, 6.07) is 16.9. The molecule has 0 radical (unpaired) electrons. The van der Waals surface area contributed by atoms with Crippen LogP contribution in [0.4, 0.5) is 5.69 Å². The molecule has 0 bridgehead atoms. The zero-order valence-electron chi connectivity index (χ0n) is 13.3. The van der Waals surface area contributed by atoms with Crippen LogP contribution < -0.4 is 10.6 Å². The van der Waals surface area contributed by atoms with E-state index in [2.05, 4.69) is 41.1 Å². The van der Waals surface area contributed by atoms with Crippen LogP contribution in [0.5, 0.6) is 0 Å². The fourth-order valence-corrected chi connectivity index (χ4v) is 3.57. The van der Waals surface area contributed by atoms with Gasteiger partial charge in [-0.25, -0.2) is 4.79 Å². The number of anilines is 1. The van der Waals surface area contributed by atoms with Crippen LogP contribution in [-0.2, 0) is 0 Å². The molecule has 0 unspecified atom stereocenters. The molecule has 4 rings (SSSR count). The van der Waals surface area contributed by atoms with Gasteiger partial charge >= 0.3 is 5.69 Å². The maximum atomic E-state index is 12.3. The van der Waals surface area contributed by atoms with Gasteiger partial charge < -0.3 is 9.88 Å². The molecule has 2 aromatic carbocycles. The second-order valence-electron chi connectivity index (χ2n) is 6.37. The molecular formula is C19H21N3O. The van der Waals surface area contributed by atoms with Crippen molar-refractivity contribution in [2.75, 3.05) is 18.0 Å². The third-order valence-corrected chi connectivity index (χ3v) is 4.85. The Labute approximate surface area is 135 Å². The summed E-state index contributed by atoms with van der Waals surface area (Å²) in [4.78, 5) is 17.7. The Morgan fingerprint density at radius 2 is 1.70 bits per heavy atom. The summed E-state index contributed by atoms with van der Waals surface area (Å²) in [6.07, 6.45) is 1.99. The fourth-order valence-electron chi connectivity index (χ4n) is 3.57. The molecule has 1 aromatic heterocycles. The van der Waals surface area contributed by atoms with E-state index in [4.69, 9.17) is 0 Å². The lowest BCUT2D eigenvalue weighted by molar-refractivity contribution is 0.396. The average Bonchev–Trinajstić information content (AvgIpc) is 2.91. The number of nitrogens with zero attached hydrogens (tertiary/aromatic N) is 2. The first-order valence-corrected chi connectivity index (χ1v) is 8.23. The Kier molecular flexibility index (Phi) is 3.45. The number of nitrogens with one attached hydrogen (secondary N) is 1. The van der Waals surface area contributed by atoms with Crippen molar-refractivity contribution in [2.45, 2.75) is 25.8 Å². The molecule has 0 saturated carbocycles. The second-order valence-corrected chi connectivity index (χ2v) is 6.37. The lowest BCUT2D eigenvalue weighted by Crippen LogP contribution is -2.37. The van der Waals surface area contributed by atoms with Crippen LogP contribution in [0.1, 0.15) is 24.4 Å². The van der Waals surface area contributed by atoms with Gasteiger partial charge in [-0.1, -0.05) is 29.8 Å². The number of benzene rings is 2. The van der Waals surface area contributed by atoms with E-state index >= 15 is 0 Å². The molecule has 1 aliphatic rings. The van der Waals surface area contributed by atoms with Gasteiger partial charge in [0.25, 0.3) is 0 Å². The number of hydrogen-bond acceptors (Lipinski definition) is 2. The van der Waals surface area contributed by atoms with Crippen LogP contribution in [0, 0.1) is 6.92 Å². The van der Waals surface area contributed by atoms with Gasteiger partial charge in [0.1, 0.15) is 0 Å². The number of aromatic amines is 1. The first-order valence-electron chi connectivity index (χ1n) is 8.23. The lowest BCUT2D eigenvalue weighted by Gasteiger charge is -2.34. The van der Waals surface area contributed by atoms with E-state index in [9.17, 15) is 4.79 Å². The van der Waals surface area contributed by atoms with Gasteiger partial charge in [0.15, 0.2) is 0 Å². The van der Waals surface area contributed by atoms with Gasteiger partial charge in [0, 0.05) is 24.8 Å². The smallest absolute Gasteiger partial charge is 0.326 e. The van der Waals surface area contributed by atoms with Crippen LogP contribution in [0.2, 0.25) is 0 Å². The summed E-state index contributed by atoms with van der Waals surface area (Å²) in [6.45, 7) is 4.08. The van der Waals surface area contributed by atoms with Crippen LogP contribution >= 0.6 is 0 Å². The van der Waals surface area contributed by atoms with Gasteiger partial charge in [-0.05, 0) is 44.0 Å². The quantitative estimate of drug-likeness (QED) is 0.787. The van der Waals surface area contributed by atoms with Gasteiger partial charge in [0.2, 0.25) is 0 Å². The molecular weight excluding hydrogens is 286 g/mol. The highest BCUT2D eigenvalue weighted by molar-refractivity contribution is 5.75. The average molecular weight is 307 g/mol. The van der Waals surface area contributed by atoms with Crippen molar-refractivity contribution in [2.24, 2.45) is 0 Å². The highest BCUT2D eigenvalue weighted by Gasteiger charge is 2.23. The van der Waals surface area contributed by atoms with Crippen molar-refractivity contribution in [1.82, 2.24) is 9.55 Å². The molecule has 3 aromatic rings. The zero-order valence-corrected chi connectivity index (χ0v) is 13.3. The minimum Gasteiger partial charge on any atom is -0.371 e. The maximum absolute atomic E-state index is 12.3. The second kappa shape index (κ2) is 5.61. The summed E-state index contributed by atoms with van der Waals surface area (Å²) in [7, 11) is 0. The zero-order chi connectivity index (χ0) is 15.8. The highest BCUT2D eigenvalue weighted by Crippen LogP contribution is 2.27. The van der Waals surface area contributed by atoms with Gasteiger partial charge in [-0.15, -0.1) is 0 Å². The molecule has 2 heterocycles. The number of para-hydroxylation sites is 2. The lowest BCUT2D eigenvalue weighted by atomic mass is 10.0. The summed E-state index contributed by atoms with van der Waals surface area (Å²) in [5.41, 5.74) is 4.53. The summed E-state index contributed by atoms with van der Waals surface area (Å²) < 4.78 is 1.95.